The molecule has 0 spiro atoms. The van der Waals surface area contributed by atoms with Crippen molar-refractivity contribution in [2.45, 2.75) is 37.0 Å². The Balaban J connectivity index is 1.46. The average Bonchev–Trinajstić information content (AvgIpc) is 3.03. The molecule has 136 valence electrons. The van der Waals surface area contributed by atoms with E-state index in [0.29, 0.717) is 0 Å². The van der Waals surface area contributed by atoms with Gasteiger partial charge in [0.1, 0.15) is 0 Å². The van der Waals surface area contributed by atoms with Gasteiger partial charge in [-0.15, -0.1) is 11.8 Å². The van der Waals surface area contributed by atoms with Crippen LogP contribution in [0.15, 0.2) is 77.7 Å². The molecule has 0 aliphatic carbocycles. The van der Waals surface area contributed by atoms with Crippen LogP contribution in [0.3, 0.4) is 0 Å². The number of anilines is 1. The Labute approximate surface area is 165 Å². The first kappa shape index (κ1) is 17.9. The molecule has 0 radical (unpaired) electrons. The van der Waals surface area contributed by atoms with Crippen molar-refractivity contribution >= 4 is 23.4 Å². The SMILES string of the molecule is Cc1ccc(SCc2ccc(C(=O)N3c4ccccc4C[C@@H]3C)cc2)cc1. The van der Waals surface area contributed by atoms with Crippen LogP contribution in [0.1, 0.15) is 34.0 Å². The van der Waals surface area contributed by atoms with E-state index in [1.807, 2.05) is 47.0 Å². The third-order valence-corrected chi connectivity index (χ3v) is 6.14. The van der Waals surface area contributed by atoms with Crippen LogP contribution in [0.4, 0.5) is 5.69 Å². The summed E-state index contributed by atoms with van der Waals surface area (Å²) >= 11 is 1.82. The fraction of sp³-hybridized carbons (Fsp3) is 0.208. The van der Waals surface area contributed by atoms with Gasteiger partial charge in [-0.2, -0.15) is 0 Å². The lowest BCUT2D eigenvalue weighted by molar-refractivity contribution is 0.0981. The Morgan fingerprint density at radius 3 is 2.44 bits per heavy atom. The predicted molar refractivity (Wildman–Crippen MR) is 114 cm³/mol. The molecule has 0 aromatic heterocycles. The highest BCUT2D eigenvalue weighted by Gasteiger charge is 2.31. The highest BCUT2D eigenvalue weighted by Crippen LogP contribution is 2.33. The van der Waals surface area contributed by atoms with Crippen LogP contribution in [0, 0.1) is 6.92 Å². The Kier molecular flexibility index (Phi) is 5.04. The molecule has 0 N–H and O–H groups in total. The van der Waals surface area contributed by atoms with Gasteiger partial charge in [-0.3, -0.25) is 4.79 Å². The number of benzene rings is 3. The number of hydrogen-bond acceptors (Lipinski definition) is 2. The van der Waals surface area contributed by atoms with E-state index in [1.54, 1.807) is 0 Å². The molecule has 1 aliphatic heterocycles. The van der Waals surface area contributed by atoms with E-state index in [4.69, 9.17) is 0 Å². The van der Waals surface area contributed by atoms with E-state index in [1.165, 1.54) is 21.6 Å². The number of fused-ring (bicyclic) bond motifs is 1. The first-order valence-corrected chi connectivity index (χ1v) is 10.3. The summed E-state index contributed by atoms with van der Waals surface area (Å²) in [5.41, 5.74) is 5.56. The molecule has 3 aromatic rings. The monoisotopic (exact) mass is 373 g/mol. The number of carbonyl (C=O) groups excluding carboxylic acids is 1. The van der Waals surface area contributed by atoms with E-state index in [-0.39, 0.29) is 11.9 Å². The lowest BCUT2D eigenvalue weighted by Gasteiger charge is -2.23. The second-order valence-corrected chi connectivity index (χ2v) is 8.20. The zero-order valence-corrected chi connectivity index (χ0v) is 16.5. The molecule has 0 fully saturated rings. The van der Waals surface area contributed by atoms with E-state index < -0.39 is 0 Å². The number of para-hydroxylation sites is 1. The van der Waals surface area contributed by atoms with Gasteiger partial charge in [0.15, 0.2) is 0 Å². The molecule has 0 saturated carbocycles. The molecule has 3 aromatic carbocycles. The van der Waals surface area contributed by atoms with Gasteiger partial charge in [0.2, 0.25) is 0 Å². The molecule has 2 nitrogen and oxygen atoms in total. The van der Waals surface area contributed by atoms with Crippen LogP contribution >= 0.6 is 11.8 Å². The van der Waals surface area contributed by atoms with Gasteiger partial charge in [-0.1, -0.05) is 48.0 Å². The summed E-state index contributed by atoms with van der Waals surface area (Å²) in [4.78, 5) is 16.3. The first-order chi connectivity index (χ1) is 13.1. The quantitative estimate of drug-likeness (QED) is 0.532. The number of thioether (sulfide) groups is 1. The van der Waals surface area contributed by atoms with Crippen molar-refractivity contribution in [3.05, 3.63) is 95.1 Å². The molecule has 0 bridgehead atoms. The van der Waals surface area contributed by atoms with Crippen LogP contribution in [-0.2, 0) is 12.2 Å². The van der Waals surface area contributed by atoms with Crippen LogP contribution in [0.25, 0.3) is 0 Å². The maximum Gasteiger partial charge on any atom is 0.258 e. The molecular formula is C24H23NOS. The Morgan fingerprint density at radius 2 is 1.70 bits per heavy atom. The van der Waals surface area contributed by atoms with Crippen LogP contribution < -0.4 is 4.90 Å². The molecule has 1 heterocycles. The van der Waals surface area contributed by atoms with Gasteiger partial charge in [-0.05, 0) is 61.7 Å². The minimum Gasteiger partial charge on any atom is -0.305 e. The Hall–Kier alpha value is -2.52. The van der Waals surface area contributed by atoms with Crippen molar-refractivity contribution in [2.24, 2.45) is 0 Å². The number of carbonyl (C=O) groups is 1. The lowest BCUT2D eigenvalue weighted by atomic mass is 10.1. The van der Waals surface area contributed by atoms with Gasteiger partial charge in [0, 0.05) is 27.9 Å². The number of amides is 1. The number of hydrogen-bond donors (Lipinski definition) is 0. The van der Waals surface area contributed by atoms with Crippen molar-refractivity contribution in [1.29, 1.82) is 0 Å². The second kappa shape index (κ2) is 7.61. The fourth-order valence-electron chi connectivity index (χ4n) is 3.56. The lowest BCUT2D eigenvalue weighted by Crippen LogP contribution is -2.35. The molecule has 0 saturated heterocycles. The van der Waals surface area contributed by atoms with Crippen molar-refractivity contribution in [3.8, 4) is 0 Å². The molecule has 1 aliphatic rings. The minimum absolute atomic E-state index is 0.0881. The smallest absolute Gasteiger partial charge is 0.258 e. The van der Waals surface area contributed by atoms with Gasteiger partial charge in [0.25, 0.3) is 5.91 Å². The average molecular weight is 374 g/mol. The van der Waals surface area contributed by atoms with Gasteiger partial charge in [-0.25, -0.2) is 0 Å². The van der Waals surface area contributed by atoms with E-state index in [9.17, 15) is 4.79 Å². The summed E-state index contributed by atoms with van der Waals surface area (Å²) in [7, 11) is 0. The van der Waals surface area contributed by atoms with E-state index in [2.05, 4.69) is 56.3 Å². The minimum atomic E-state index is 0.0881. The number of rotatable bonds is 4. The van der Waals surface area contributed by atoms with E-state index in [0.717, 1.165) is 23.4 Å². The van der Waals surface area contributed by atoms with Crippen LogP contribution in [0.5, 0.6) is 0 Å². The summed E-state index contributed by atoms with van der Waals surface area (Å²) in [5.74, 6) is 0.991. The molecular weight excluding hydrogens is 350 g/mol. The molecule has 0 unspecified atom stereocenters. The topological polar surface area (TPSA) is 20.3 Å². The summed E-state index contributed by atoms with van der Waals surface area (Å²) in [6.45, 7) is 4.22. The summed E-state index contributed by atoms with van der Waals surface area (Å²) in [5, 5.41) is 0. The number of aryl methyl sites for hydroxylation is 1. The van der Waals surface area contributed by atoms with Gasteiger partial charge in [0.05, 0.1) is 0 Å². The van der Waals surface area contributed by atoms with Crippen molar-refractivity contribution in [1.82, 2.24) is 0 Å². The maximum atomic E-state index is 13.1. The van der Waals surface area contributed by atoms with Crippen molar-refractivity contribution in [3.63, 3.8) is 0 Å². The van der Waals surface area contributed by atoms with Crippen LogP contribution in [0.2, 0.25) is 0 Å². The Morgan fingerprint density at radius 1 is 1.00 bits per heavy atom. The largest absolute Gasteiger partial charge is 0.305 e. The Bertz CT molecular complexity index is 947. The van der Waals surface area contributed by atoms with Gasteiger partial charge < -0.3 is 4.90 Å². The summed E-state index contributed by atoms with van der Waals surface area (Å²) in [6.07, 6.45) is 0.924. The molecule has 3 heteroatoms. The zero-order chi connectivity index (χ0) is 18.8. The predicted octanol–water partition coefficient (Wildman–Crippen LogP) is 5.88. The van der Waals surface area contributed by atoms with E-state index >= 15 is 0 Å². The standard InChI is InChI=1S/C24H23NOS/c1-17-7-13-22(14-8-17)27-16-19-9-11-20(12-10-19)24(26)25-18(2)15-21-5-3-4-6-23(21)25/h3-14,18H,15-16H2,1-2H3/t18-/m0/s1. The van der Waals surface area contributed by atoms with Gasteiger partial charge >= 0.3 is 0 Å². The molecule has 27 heavy (non-hydrogen) atoms. The summed E-state index contributed by atoms with van der Waals surface area (Å²) in [6, 6.07) is 25.1. The molecule has 1 amide bonds. The second-order valence-electron chi connectivity index (χ2n) is 7.16. The normalized spacial score (nSPS) is 15.6. The highest BCUT2D eigenvalue weighted by atomic mass is 32.2. The van der Waals surface area contributed by atoms with Crippen molar-refractivity contribution in [2.75, 3.05) is 4.90 Å². The third kappa shape index (κ3) is 3.79. The highest BCUT2D eigenvalue weighted by molar-refractivity contribution is 7.98. The molecule has 4 rings (SSSR count). The molecule has 1 atom stereocenters. The fourth-order valence-corrected chi connectivity index (χ4v) is 4.41. The third-order valence-electron chi connectivity index (χ3n) is 5.05. The van der Waals surface area contributed by atoms with Crippen LogP contribution in [-0.4, -0.2) is 11.9 Å². The van der Waals surface area contributed by atoms with Crippen molar-refractivity contribution < 1.29 is 4.79 Å². The summed E-state index contributed by atoms with van der Waals surface area (Å²) < 4.78 is 0. The zero-order valence-electron chi connectivity index (χ0n) is 15.7. The maximum absolute atomic E-state index is 13.1. The number of nitrogens with zero attached hydrogens (tertiary/aromatic N) is 1. The first-order valence-electron chi connectivity index (χ1n) is 9.32.